The number of hydrogen-bond acceptors (Lipinski definition) is 3. The molecule has 1 atom stereocenters. The number of carbonyl (C=O) groups is 1. The second-order valence-corrected chi connectivity index (χ2v) is 5.47. The molecule has 2 rings (SSSR count). The van der Waals surface area contributed by atoms with Crippen LogP contribution in [-0.2, 0) is 4.79 Å². The zero-order valence-corrected chi connectivity index (χ0v) is 14.3. The molecule has 0 radical (unpaired) electrons. The van der Waals surface area contributed by atoms with Gasteiger partial charge >= 0.3 is 0 Å². The fourth-order valence-corrected chi connectivity index (χ4v) is 2.21. The lowest BCUT2D eigenvalue weighted by Gasteiger charge is -2.18. The van der Waals surface area contributed by atoms with E-state index in [0.717, 1.165) is 0 Å². The molecule has 5 heteroatoms. The summed E-state index contributed by atoms with van der Waals surface area (Å²) in [5, 5.41) is 3.31. The lowest BCUT2D eigenvalue weighted by atomic mass is 10.2. The molecule has 0 saturated heterocycles. The van der Waals surface area contributed by atoms with Crippen LogP contribution >= 0.6 is 11.6 Å². The molecule has 0 fully saturated rings. The monoisotopic (exact) mass is 345 g/mol. The number of amides is 1. The predicted molar refractivity (Wildman–Crippen MR) is 96.9 cm³/mol. The molecule has 0 heterocycles. The van der Waals surface area contributed by atoms with Crippen molar-refractivity contribution < 1.29 is 14.3 Å². The Kier molecular flexibility index (Phi) is 6.70. The average Bonchev–Trinajstić information content (AvgIpc) is 2.60. The van der Waals surface area contributed by atoms with Gasteiger partial charge in [-0.05, 0) is 42.8 Å². The minimum Gasteiger partial charge on any atom is -0.490 e. The highest BCUT2D eigenvalue weighted by Crippen LogP contribution is 2.25. The second kappa shape index (κ2) is 8.99. The fourth-order valence-electron chi connectivity index (χ4n) is 2.03. The van der Waals surface area contributed by atoms with Gasteiger partial charge in [-0.2, -0.15) is 0 Å². The van der Waals surface area contributed by atoms with Crippen LogP contribution in [0.1, 0.15) is 13.3 Å². The van der Waals surface area contributed by atoms with E-state index < -0.39 is 6.10 Å². The van der Waals surface area contributed by atoms with Gasteiger partial charge in [0.15, 0.2) is 6.10 Å². The summed E-state index contributed by atoms with van der Waals surface area (Å²) >= 11 is 6.07. The molecule has 0 aliphatic rings. The Hall–Kier alpha value is -2.46. The van der Waals surface area contributed by atoms with Gasteiger partial charge < -0.3 is 14.8 Å². The third kappa shape index (κ3) is 5.03. The average molecular weight is 346 g/mol. The normalized spacial score (nSPS) is 11.4. The van der Waals surface area contributed by atoms with Crippen molar-refractivity contribution in [1.82, 2.24) is 0 Å². The topological polar surface area (TPSA) is 47.6 Å². The van der Waals surface area contributed by atoms with Crippen molar-refractivity contribution in [2.24, 2.45) is 0 Å². The van der Waals surface area contributed by atoms with Gasteiger partial charge in [0.25, 0.3) is 5.91 Å². The fraction of sp³-hybridized carbons (Fsp3) is 0.211. The molecule has 24 heavy (non-hydrogen) atoms. The molecule has 0 aliphatic heterocycles. The first-order valence-electron chi connectivity index (χ1n) is 7.69. The molecule has 2 aromatic carbocycles. The van der Waals surface area contributed by atoms with Gasteiger partial charge in [0.2, 0.25) is 0 Å². The van der Waals surface area contributed by atoms with Gasteiger partial charge in [0.05, 0.1) is 5.02 Å². The van der Waals surface area contributed by atoms with Gasteiger partial charge in [-0.3, -0.25) is 4.79 Å². The van der Waals surface area contributed by atoms with Gasteiger partial charge in [0.1, 0.15) is 18.1 Å². The molecule has 4 nitrogen and oxygen atoms in total. The third-order valence-corrected chi connectivity index (χ3v) is 3.57. The van der Waals surface area contributed by atoms with E-state index in [0.29, 0.717) is 35.2 Å². The van der Waals surface area contributed by atoms with E-state index in [9.17, 15) is 4.79 Å². The minimum absolute atomic E-state index is 0.225. The summed E-state index contributed by atoms with van der Waals surface area (Å²) in [6.45, 7) is 5.92. The van der Waals surface area contributed by atoms with Gasteiger partial charge in [-0.25, -0.2) is 0 Å². The first-order chi connectivity index (χ1) is 11.6. The van der Waals surface area contributed by atoms with Crippen molar-refractivity contribution in [1.29, 1.82) is 0 Å². The lowest BCUT2D eigenvalue weighted by molar-refractivity contribution is -0.122. The van der Waals surface area contributed by atoms with Crippen molar-refractivity contribution in [2.45, 2.75) is 19.4 Å². The first-order valence-corrected chi connectivity index (χ1v) is 8.07. The lowest BCUT2D eigenvalue weighted by Crippen LogP contribution is -2.32. The molecule has 0 aliphatic carbocycles. The quantitative estimate of drug-likeness (QED) is 0.705. The molecule has 0 bridgehead atoms. The second-order valence-electron chi connectivity index (χ2n) is 5.06. The van der Waals surface area contributed by atoms with Gasteiger partial charge in [-0.15, -0.1) is 0 Å². The maximum Gasteiger partial charge on any atom is 0.265 e. The molecule has 2 aromatic rings. The number of carbonyl (C=O) groups excluding carboxylic acids is 1. The van der Waals surface area contributed by atoms with E-state index >= 15 is 0 Å². The van der Waals surface area contributed by atoms with Crippen molar-refractivity contribution in [3.05, 3.63) is 66.2 Å². The summed E-state index contributed by atoms with van der Waals surface area (Å²) in [5.41, 5.74) is 0.673. The Bertz CT molecular complexity index is 685. The van der Waals surface area contributed by atoms with Crippen LogP contribution in [0.2, 0.25) is 5.02 Å². The number of para-hydroxylation sites is 1. The highest BCUT2D eigenvalue weighted by atomic mass is 35.5. The molecule has 0 unspecified atom stereocenters. The Morgan fingerprint density at radius 1 is 1.25 bits per heavy atom. The summed E-state index contributed by atoms with van der Waals surface area (Å²) in [7, 11) is 0. The summed E-state index contributed by atoms with van der Waals surface area (Å²) in [4.78, 5) is 12.4. The minimum atomic E-state index is -0.624. The van der Waals surface area contributed by atoms with E-state index in [1.165, 1.54) is 0 Å². The van der Waals surface area contributed by atoms with Crippen molar-refractivity contribution in [2.75, 3.05) is 11.9 Å². The van der Waals surface area contributed by atoms with Crippen LogP contribution < -0.4 is 14.8 Å². The number of halogens is 1. The number of anilines is 1. The van der Waals surface area contributed by atoms with E-state index in [1.807, 2.05) is 19.1 Å². The number of benzene rings is 2. The van der Waals surface area contributed by atoms with E-state index in [4.69, 9.17) is 21.1 Å². The number of nitrogens with one attached hydrogen (secondary N) is 1. The highest BCUT2D eigenvalue weighted by molar-refractivity contribution is 6.32. The molecule has 0 spiro atoms. The van der Waals surface area contributed by atoms with Crippen LogP contribution in [0, 0.1) is 0 Å². The van der Waals surface area contributed by atoms with E-state index in [1.54, 1.807) is 42.5 Å². The van der Waals surface area contributed by atoms with Crippen LogP contribution in [0.4, 0.5) is 5.69 Å². The Morgan fingerprint density at radius 3 is 2.58 bits per heavy atom. The largest absolute Gasteiger partial charge is 0.490 e. The Morgan fingerprint density at radius 2 is 1.96 bits per heavy atom. The highest BCUT2D eigenvalue weighted by Gasteiger charge is 2.19. The van der Waals surface area contributed by atoms with Crippen LogP contribution in [0.3, 0.4) is 0 Å². The van der Waals surface area contributed by atoms with Crippen molar-refractivity contribution in [3.8, 4) is 11.5 Å². The number of hydrogen-bond donors (Lipinski definition) is 1. The predicted octanol–water partition coefficient (Wildman–Crippen LogP) is 4.70. The summed E-state index contributed by atoms with van der Waals surface area (Å²) in [5.74, 6) is 0.985. The maximum atomic E-state index is 12.4. The molecule has 1 N–H and O–H groups in total. The van der Waals surface area contributed by atoms with Gasteiger partial charge in [-0.1, -0.05) is 43.3 Å². The smallest absolute Gasteiger partial charge is 0.265 e. The van der Waals surface area contributed by atoms with E-state index in [-0.39, 0.29) is 5.91 Å². The third-order valence-electron chi connectivity index (χ3n) is 3.26. The number of ether oxygens (including phenoxy) is 2. The standard InChI is InChI=1S/C19H20ClNO3/c1-3-13-23-15-11-9-14(10-12-15)21-19(22)17(4-2)24-18-8-6-5-7-16(18)20/h3,5-12,17H,1,4,13H2,2H3,(H,21,22)/t17-/m0/s1. The van der Waals surface area contributed by atoms with Crippen molar-refractivity contribution >= 4 is 23.2 Å². The molecule has 1 amide bonds. The Balaban J connectivity index is 1.98. The van der Waals surface area contributed by atoms with Crippen LogP contribution in [0.25, 0.3) is 0 Å². The maximum absolute atomic E-state index is 12.4. The zero-order chi connectivity index (χ0) is 17.4. The summed E-state index contributed by atoms with van der Waals surface area (Å²) in [6.07, 6.45) is 1.58. The molecular formula is C19H20ClNO3. The van der Waals surface area contributed by atoms with Gasteiger partial charge in [0, 0.05) is 5.69 Å². The molecule has 0 aromatic heterocycles. The van der Waals surface area contributed by atoms with E-state index in [2.05, 4.69) is 11.9 Å². The first kappa shape index (κ1) is 17.9. The Labute approximate surface area is 147 Å². The zero-order valence-electron chi connectivity index (χ0n) is 13.5. The SMILES string of the molecule is C=CCOc1ccc(NC(=O)[C@H](CC)Oc2ccccc2Cl)cc1. The van der Waals surface area contributed by atoms with Crippen molar-refractivity contribution in [3.63, 3.8) is 0 Å². The van der Waals surface area contributed by atoms with Crippen LogP contribution in [0.15, 0.2) is 61.2 Å². The summed E-state index contributed by atoms with van der Waals surface area (Å²) < 4.78 is 11.1. The molecular weight excluding hydrogens is 326 g/mol. The summed E-state index contributed by atoms with van der Waals surface area (Å²) in [6, 6.07) is 14.2. The molecule has 126 valence electrons. The molecule has 0 saturated carbocycles. The van der Waals surface area contributed by atoms with Crippen LogP contribution in [0.5, 0.6) is 11.5 Å². The number of rotatable bonds is 8. The van der Waals surface area contributed by atoms with Crippen LogP contribution in [-0.4, -0.2) is 18.6 Å².